The molecule has 0 fully saturated rings. The van der Waals surface area contributed by atoms with E-state index in [-0.39, 0.29) is 17.4 Å². The van der Waals surface area contributed by atoms with Gasteiger partial charge in [-0.1, -0.05) is 13.8 Å². The minimum absolute atomic E-state index is 0.185. The number of aromatic nitrogens is 2. The zero-order valence-electron chi connectivity index (χ0n) is 16.7. The molecule has 1 aromatic heterocycles. The zero-order chi connectivity index (χ0) is 21.2. The Morgan fingerprint density at radius 2 is 1.97 bits per heavy atom. The van der Waals surface area contributed by atoms with Gasteiger partial charge >= 0.3 is 6.18 Å². The molecule has 9 heteroatoms. The Hall–Kier alpha value is -2.55. The summed E-state index contributed by atoms with van der Waals surface area (Å²) in [6.45, 7) is 7.61. The molecule has 0 spiro atoms. The monoisotopic (exact) mass is 410 g/mol. The van der Waals surface area contributed by atoms with Gasteiger partial charge in [-0.05, 0) is 37.1 Å². The lowest BCUT2D eigenvalue weighted by Crippen LogP contribution is -2.41. The van der Waals surface area contributed by atoms with E-state index in [4.69, 9.17) is 4.84 Å². The van der Waals surface area contributed by atoms with Crippen molar-refractivity contribution in [1.82, 2.24) is 15.0 Å². The molecule has 0 radical (unpaired) electrons. The molecule has 1 aliphatic rings. The molecule has 0 atom stereocenters. The first kappa shape index (κ1) is 21.2. The summed E-state index contributed by atoms with van der Waals surface area (Å²) in [5.41, 5.74) is 0.743. The summed E-state index contributed by atoms with van der Waals surface area (Å²) < 4.78 is 39.9. The Kier molecular flexibility index (Phi) is 6.16. The Balaban J connectivity index is 2.08. The van der Waals surface area contributed by atoms with Gasteiger partial charge in [0.25, 0.3) is 5.56 Å². The van der Waals surface area contributed by atoms with Gasteiger partial charge in [0.1, 0.15) is 6.61 Å². The molecule has 158 valence electrons. The average Bonchev–Trinajstić information content (AvgIpc) is 2.68. The van der Waals surface area contributed by atoms with Crippen LogP contribution in [0, 0.1) is 5.92 Å². The first-order valence-electron chi connectivity index (χ1n) is 9.66. The van der Waals surface area contributed by atoms with Crippen molar-refractivity contribution in [2.75, 3.05) is 24.6 Å². The predicted octanol–water partition coefficient (Wildman–Crippen LogP) is 3.15. The average molecular weight is 410 g/mol. The Morgan fingerprint density at radius 3 is 2.55 bits per heavy atom. The minimum Gasteiger partial charge on any atom is -0.407 e. The van der Waals surface area contributed by atoms with Crippen molar-refractivity contribution in [1.29, 1.82) is 0 Å². The molecular weight excluding hydrogens is 385 g/mol. The second kappa shape index (κ2) is 8.44. The highest BCUT2D eigenvalue weighted by Crippen LogP contribution is 2.32. The highest BCUT2D eigenvalue weighted by Gasteiger charge is 2.30. The van der Waals surface area contributed by atoms with Gasteiger partial charge in [-0.25, -0.2) is 4.98 Å². The molecule has 0 aliphatic carbocycles. The number of fused-ring (bicyclic) bond motifs is 1. The standard InChI is InChI=1S/C20H25F3N4O2/c1-4-26(15-7-5-14(6-8-15)20(21,22)23)19-25-17-9-10-24-11-16(17)18(28)27(19)29-12-13(2)3/h5-8,13,24H,4,9-12H2,1-3H3. The van der Waals surface area contributed by atoms with Crippen molar-refractivity contribution in [2.45, 2.75) is 39.9 Å². The van der Waals surface area contributed by atoms with Gasteiger partial charge in [0, 0.05) is 31.7 Å². The van der Waals surface area contributed by atoms with Crippen LogP contribution in [0.2, 0.25) is 0 Å². The maximum Gasteiger partial charge on any atom is 0.416 e. The molecule has 29 heavy (non-hydrogen) atoms. The molecule has 1 aliphatic heterocycles. The fourth-order valence-corrected chi connectivity index (χ4v) is 3.15. The molecular formula is C20H25F3N4O2. The number of hydrogen-bond acceptors (Lipinski definition) is 5. The first-order valence-corrected chi connectivity index (χ1v) is 9.66. The van der Waals surface area contributed by atoms with Crippen LogP contribution in [-0.2, 0) is 19.1 Å². The number of anilines is 2. The highest BCUT2D eigenvalue weighted by molar-refractivity contribution is 5.58. The Labute approximate surface area is 167 Å². The Morgan fingerprint density at radius 1 is 1.28 bits per heavy atom. The summed E-state index contributed by atoms with van der Waals surface area (Å²) in [5, 5.41) is 3.16. The molecule has 0 unspecified atom stereocenters. The summed E-state index contributed by atoms with van der Waals surface area (Å²) in [6.07, 6.45) is -3.80. The van der Waals surface area contributed by atoms with E-state index in [0.29, 0.717) is 49.6 Å². The normalized spacial score (nSPS) is 14.0. The van der Waals surface area contributed by atoms with Gasteiger partial charge in [-0.3, -0.25) is 4.79 Å². The van der Waals surface area contributed by atoms with Crippen molar-refractivity contribution in [3.8, 4) is 0 Å². The third kappa shape index (κ3) is 4.55. The molecule has 2 aromatic rings. The Bertz CT molecular complexity index is 908. The van der Waals surface area contributed by atoms with E-state index in [1.807, 2.05) is 20.8 Å². The van der Waals surface area contributed by atoms with Crippen LogP contribution in [0.5, 0.6) is 0 Å². The van der Waals surface area contributed by atoms with Crippen molar-refractivity contribution in [2.24, 2.45) is 5.92 Å². The summed E-state index contributed by atoms with van der Waals surface area (Å²) in [5.74, 6) is 0.462. The van der Waals surface area contributed by atoms with Crippen molar-refractivity contribution in [3.63, 3.8) is 0 Å². The van der Waals surface area contributed by atoms with E-state index in [0.717, 1.165) is 12.1 Å². The van der Waals surface area contributed by atoms with E-state index in [1.54, 1.807) is 4.90 Å². The lowest BCUT2D eigenvalue weighted by Gasteiger charge is -2.28. The van der Waals surface area contributed by atoms with Crippen LogP contribution in [0.3, 0.4) is 0 Å². The quantitative estimate of drug-likeness (QED) is 0.793. The lowest BCUT2D eigenvalue weighted by atomic mass is 10.1. The summed E-state index contributed by atoms with van der Waals surface area (Å²) in [4.78, 5) is 25.2. The van der Waals surface area contributed by atoms with Crippen LogP contribution in [0.4, 0.5) is 24.8 Å². The van der Waals surface area contributed by atoms with Crippen molar-refractivity contribution in [3.05, 3.63) is 51.4 Å². The fraction of sp³-hybridized carbons (Fsp3) is 0.500. The number of benzene rings is 1. The molecule has 6 nitrogen and oxygen atoms in total. The molecule has 0 saturated heterocycles. The third-order valence-corrected chi connectivity index (χ3v) is 4.65. The molecule has 0 saturated carbocycles. The largest absolute Gasteiger partial charge is 0.416 e. The smallest absolute Gasteiger partial charge is 0.407 e. The second-order valence-corrected chi connectivity index (χ2v) is 7.34. The maximum atomic E-state index is 13.1. The van der Waals surface area contributed by atoms with Gasteiger partial charge < -0.3 is 15.1 Å². The van der Waals surface area contributed by atoms with E-state index in [9.17, 15) is 18.0 Å². The third-order valence-electron chi connectivity index (χ3n) is 4.65. The van der Waals surface area contributed by atoms with E-state index in [1.165, 1.54) is 16.9 Å². The van der Waals surface area contributed by atoms with Gasteiger partial charge in [-0.2, -0.15) is 13.2 Å². The van der Waals surface area contributed by atoms with Crippen molar-refractivity contribution < 1.29 is 18.0 Å². The lowest BCUT2D eigenvalue weighted by molar-refractivity contribution is -0.137. The van der Waals surface area contributed by atoms with Gasteiger partial charge in [0.15, 0.2) is 0 Å². The first-order chi connectivity index (χ1) is 13.7. The minimum atomic E-state index is -4.41. The van der Waals surface area contributed by atoms with Crippen LogP contribution in [-0.4, -0.2) is 29.4 Å². The van der Waals surface area contributed by atoms with Crippen LogP contribution in [0.1, 0.15) is 37.6 Å². The van der Waals surface area contributed by atoms with E-state index < -0.39 is 11.7 Å². The summed E-state index contributed by atoms with van der Waals surface area (Å²) in [7, 11) is 0. The predicted molar refractivity (Wildman–Crippen MR) is 104 cm³/mol. The van der Waals surface area contributed by atoms with Gasteiger partial charge in [0.2, 0.25) is 5.95 Å². The number of rotatable bonds is 6. The van der Waals surface area contributed by atoms with Gasteiger partial charge in [-0.15, -0.1) is 4.73 Å². The number of halogens is 3. The SMILES string of the molecule is CCN(c1ccc(C(F)(F)F)cc1)c1nc2c(c(=O)n1OCC(C)C)CNCC2. The van der Waals surface area contributed by atoms with Crippen LogP contribution >= 0.6 is 0 Å². The number of hydrogen-bond donors (Lipinski definition) is 1. The molecule has 3 rings (SSSR count). The number of nitrogens with zero attached hydrogens (tertiary/aromatic N) is 3. The maximum absolute atomic E-state index is 13.1. The molecule has 2 heterocycles. The molecule has 1 N–H and O–H groups in total. The van der Waals surface area contributed by atoms with Crippen molar-refractivity contribution >= 4 is 11.6 Å². The van der Waals surface area contributed by atoms with E-state index >= 15 is 0 Å². The fourth-order valence-electron chi connectivity index (χ4n) is 3.15. The molecule has 1 aromatic carbocycles. The zero-order valence-corrected chi connectivity index (χ0v) is 16.7. The number of alkyl halides is 3. The second-order valence-electron chi connectivity index (χ2n) is 7.34. The molecule has 0 bridgehead atoms. The van der Waals surface area contributed by atoms with Crippen LogP contribution in [0.15, 0.2) is 29.1 Å². The van der Waals surface area contributed by atoms with E-state index in [2.05, 4.69) is 10.3 Å². The number of nitrogens with one attached hydrogen (secondary N) is 1. The summed E-state index contributed by atoms with van der Waals surface area (Å²) in [6, 6.07) is 4.81. The molecule has 0 amide bonds. The highest BCUT2D eigenvalue weighted by atomic mass is 19.4. The summed E-state index contributed by atoms with van der Waals surface area (Å²) >= 11 is 0. The van der Waals surface area contributed by atoms with Gasteiger partial charge in [0.05, 0.1) is 16.8 Å². The topological polar surface area (TPSA) is 59.4 Å². The van der Waals surface area contributed by atoms with Crippen LogP contribution in [0.25, 0.3) is 0 Å². The van der Waals surface area contributed by atoms with Crippen LogP contribution < -0.4 is 20.6 Å².